The lowest BCUT2D eigenvalue weighted by atomic mass is 9.78. The molecule has 2 aliphatic carbocycles. The SMILES string of the molecule is CCN(CCN=C1NC2(CCC(C)CC2)CS1)C1CC1. The first-order valence-electron chi connectivity index (χ1n) is 8.40. The van der Waals surface area contributed by atoms with Gasteiger partial charge in [0.1, 0.15) is 0 Å². The first-order valence-corrected chi connectivity index (χ1v) is 9.39. The van der Waals surface area contributed by atoms with Crippen molar-refractivity contribution in [3.8, 4) is 0 Å². The fourth-order valence-corrected chi connectivity index (χ4v) is 4.74. The quantitative estimate of drug-likeness (QED) is 0.844. The number of nitrogens with one attached hydrogen (secondary N) is 1. The molecule has 3 aliphatic rings. The van der Waals surface area contributed by atoms with E-state index in [1.165, 1.54) is 56.0 Å². The smallest absolute Gasteiger partial charge is 0.157 e. The molecule has 3 fully saturated rings. The van der Waals surface area contributed by atoms with Gasteiger partial charge >= 0.3 is 0 Å². The van der Waals surface area contributed by atoms with Crippen LogP contribution >= 0.6 is 11.8 Å². The van der Waals surface area contributed by atoms with Crippen LogP contribution in [0.25, 0.3) is 0 Å². The van der Waals surface area contributed by atoms with Gasteiger partial charge in [-0.2, -0.15) is 0 Å². The van der Waals surface area contributed by atoms with Crippen LogP contribution in [0, 0.1) is 5.92 Å². The van der Waals surface area contributed by atoms with E-state index in [9.17, 15) is 0 Å². The van der Waals surface area contributed by atoms with Crippen molar-refractivity contribution in [1.29, 1.82) is 0 Å². The molecular formula is C16H29N3S. The third-order valence-corrected chi connectivity index (χ3v) is 6.40. The van der Waals surface area contributed by atoms with E-state index < -0.39 is 0 Å². The lowest BCUT2D eigenvalue weighted by molar-refractivity contribution is 0.250. The molecule has 0 aromatic heterocycles. The molecule has 1 saturated heterocycles. The molecule has 1 aliphatic heterocycles. The number of aliphatic imine (C=N–C) groups is 1. The van der Waals surface area contributed by atoms with E-state index in [0.29, 0.717) is 5.54 Å². The van der Waals surface area contributed by atoms with Crippen molar-refractivity contribution in [1.82, 2.24) is 10.2 Å². The van der Waals surface area contributed by atoms with Crippen LogP contribution in [-0.4, -0.2) is 47.0 Å². The number of nitrogens with zero attached hydrogens (tertiary/aromatic N) is 2. The van der Waals surface area contributed by atoms with Gasteiger partial charge in [0.15, 0.2) is 5.17 Å². The van der Waals surface area contributed by atoms with Crippen molar-refractivity contribution in [2.75, 3.05) is 25.4 Å². The standard InChI is InChI=1S/C16H29N3S/c1-3-19(14-4-5-14)11-10-17-15-18-16(12-20-15)8-6-13(2)7-9-16/h13-14H,3-12H2,1-2H3,(H,17,18). The van der Waals surface area contributed by atoms with Crippen molar-refractivity contribution in [2.45, 2.75) is 64.0 Å². The first kappa shape index (κ1) is 14.7. The maximum absolute atomic E-state index is 4.82. The highest BCUT2D eigenvalue weighted by Gasteiger charge is 2.39. The molecule has 1 N–H and O–H groups in total. The fourth-order valence-electron chi connectivity index (χ4n) is 3.49. The van der Waals surface area contributed by atoms with Gasteiger partial charge in [0.2, 0.25) is 0 Å². The summed E-state index contributed by atoms with van der Waals surface area (Å²) in [5.74, 6) is 2.16. The van der Waals surface area contributed by atoms with Crippen LogP contribution in [0.5, 0.6) is 0 Å². The van der Waals surface area contributed by atoms with E-state index in [0.717, 1.165) is 25.0 Å². The molecule has 0 radical (unpaired) electrons. The van der Waals surface area contributed by atoms with Gasteiger partial charge in [0, 0.05) is 23.9 Å². The molecule has 0 atom stereocenters. The van der Waals surface area contributed by atoms with Crippen molar-refractivity contribution >= 4 is 16.9 Å². The summed E-state index contributed by atoms with van der Waals surface area (Å²) in [6.45, 7) is 7.94. The molecule has 0 bridgehead atoms. The molecule has 0 aromatic carbocycles. The first-order chi connectivity index (χ1) is 9.71. The monoisotopic (exact) mass is 295 g/mol. The van der Waals surface area contributed by atoms with Crippen LogP contribution < -0.4 is 5.32 Å². The molecule has 2 saturated carbocycles. The Bertz CT molecular complexity index is 357. The van der Waals surface area contributed by atoms with Gasteiger partial charge < -0.3 is 5.32 Å². The summed E-state index contributed by atoms with van der Waals surface area (Å²) in [4.78, 5) is 7.40. The van der Waals surface area contributed by atoms with Gasteiger partial charge in [0.25, 0.3) is 0 Å². The predicted octanol–water partition coefficient (Wildman–Crippen LogP) is 3.11. The number of rotatable bonds is 5. The number of hydrogen-bond acceptors (Lipinski definition) is 3. The summed E-state index contributed by atoms with van der Waals surface area (Å²) < 4.78 is 0. The highest BCUT2D eigenvalue weighted by atomic mass is 32.2. The Labute approximate surface area is 128 Å². The summed E-state index contributed by atoms with van der Waals surface area (Å²) in [5.41, 5.74) is 0.386. The molecule has 0 aromatic rings. The number of amidine groups is 1. The van der Waals surface area contributed by atoms with Crippen molar-refractivity contribution in [2.24, 2.45) is 10.9 Å². The zero-order valence-corrected chi connectivity index (χ0v) is 13.8. The maximum atomic E-state index is 4.82. The lowest BCUT2D eigenvalue weighted by Gasteiger charge is -2.35. The minimum Gasteiger partial charge on any atom is -0.359 e. The van der Waals surface area contributed by atoms with E-state index in [1.54, 1.807) is 0 Å². The van der Waals surface area contributed by atoms with Gasteiger partial charge in [-0.1, -0.05) is 25.6 Å². The molecular weight excluding hydrogens is 266 g/mol. The highest BCUT2D eigenvalue weighted by Crippen LogP contribution is 2.38. The third kappa shape index (κ3) is 3.51. The van der Waals surface area contributed by atoms with Gasteiger partial charge in [0.05, 0.1) is 6.54 Å². The largest absolute Gasteiger partial charge is 0.359 e. The Morgan fingerprint density at radius 3 is 2.70 bits per heavy atom. The van der Waals surface area contributed by atoms with E-state index in [2.05, 4.69) is 24.1 Å². The second-order valence-corrected chi connectivity index (χ2v) is 7.89. The van der Waals surface area contributed by atoms with E-state index in [4.69, 9.17) is 4.99 Å². The number of likely N-dealkylation sites (N-methyl/N-ethyl adjacent to an activating group) is 1. The normalized spacial score (nSPS) is 36.0. The summed E-state index contributed by atoms with van der Waals surface area (Å²) >= 11 is 1.95. The lowest BCUT2D eigenvalue weighted by Crippen LogP contribution is -2.46. The van der Waals surface area contributed by atoms with Crippen LogP contribution in [-0.2, 0) is 0 Å². The van der Waals surface area contributed by atoms with Crippen molar-refractivity contribution < 1.29 is 0 Å². The van der Waals surface area contributed by atoms with E-state index >= 15 is 0 Å². The van der Waals surface area contributed by atoms with Crippen LogP contribution in [0.15, 0.2) is 4.99 Å². The Morgan fingerprint density at radius 1 is 1.30 bits per heavy atom. The topological polar surface area (TPSA) is 27.6 Å². The van der Waals surface area contributed by atoms with Crippen LogP contribution in [0.1, 0.15) is 52.4 Å². The minimum absolute atomic E-state index is 0.386. The second-order valence-electron chi connectivity index (χ2n) is 6.92. The molecule has 20 heavy (non-hydrogen) atoms. The zero-order valence-electron chi connectivity index (χ0n) is 13.0. The average molecular weight is 295 g/mol. The summed E-state index contributed by atoms with van der Waals surface area (Å²) in [7, 11) is 0. The summed E-state index contributed by atoms with van der Waals surface area (Å²) in [5, 5.41) is 4.97. The molecule has 1 spiro atoms. The average Bonchev–Trinajstić information content (AvgIpc) is 3.22. The molecule has 3 rings (SSSR count). The Balaban J connectivity index is 1.45. The van der Waals surface area contributed by atoms with Crippen molar-refractivity contribution in [3.05, 3.63) is 0 Å². The summed E-state index contributed by atoms with van der Waals surface area (Å²) in [6.07, 6.45) is 8.24. The molecule has 0 unspecified atom stereocenters. The third-order valence-electron chi connectivity index (χ3n) is 5.20. The predicted molar refractivity (Wildman–Crippen MR) is 88.5 cm³/mol. The van der Waals surface area contributed by atoms with Gasteiger partial charge in [-0.25, -0.2) is 0 Å². The molecule has 1 heterocycles. The Morgan fingerprint density at radius 2 is 2.05 bits per heavy atom. The Hall–Kier alpha value is -0.220. The number of thioether (sulfide) groups is 1. The van der Waals surface area contributed by atoms with Crippen LogP contribution in [0.2, 0.25) is 0 Å². The fraction of sp³-hybridized carbons (Fsp3) is 0.938. The summed E-state index contributed by atoms with van der Waals surface area (Å²) in [6, 6.07) is 0.871. The van der Waals surface area contributed by atoms with Crippen LogP contribution in [0.4, 0.5) is 0 Å². The Kier molecular flexibility index (Phi) is 4.61. The highest BCUT2D eigenvalue weighted by molar-refractivity contribution is 8.14. The van der Waals surface area contributed by atoms with Gasteiger partial charge in [-0.3, -0.25) is 9.89 Å². The second kappa shape index (κ2) is 6.27. The van der Waals surface area contributed by atoms with Gasteiger partial charge in [-0.05, 0) is 51.0 Å². The number of hydrogen-bond donors (Lipinski definition) is 1. The zero-order chi connectivity index (χ0) is 14.0. The van der Waals surface area contributed by atoms with E-state index in [1.807, 2.05) is 11.8 Å². The minimum atomic E-state index is 0.386. The molecule has 0 amide bonds. The molecule has 3 nitrogen and oxygen atoms in total. The maximum Gasteiger partial charge on any atom is 0.157 e. The van der Waals surface area contributed by atoms with Gasteiger partial charge in [-0.15, -0.1) is 0 Å². The van der Waals surface area contributed by atoms with E-state index in [-0.39, 0.29) is 0 Å². The molecule has 114 valence electrons. The van der Waals surface area contributed by atoms with Crippen molar-refractivity contribution in [3.63, 3.8) is 0 Å². The van der Waals surface area contributed by atoms with Crippen LogP contribution in [0.3, 0.4) is 0 Å². The molecule has 4 heteroatoms.